The van der Waals surface area contributed by atoms with E-state index in [1.54, 1.807) is 21.7 Å². The van der Waals surface area contributed by atoms with Gasteiger partial charge in [0, 0.05) is 57.4 Å². The van der Waals surface area contributed by atoms with Crippen molar-refractivity contribution in [2.24, 2.45) is 11.8 Å². The highest BCUT2D eigenvalue weighted by Gasteiger charge is 2.37. The molecule has 1 aromatic heterocycles. The zero-order valence-corrected chi connectivity index (χ0v) is 28.3. The van der Waals surface area contributed by atoms with Crippen molar-refractivity contribution in [3.63, 3.8) is 0 Å². The second-order valence-electron chi connectivity index (χ2n) is 13.7. The normalized spacial score (nSPS) is 18.4. The lowest BCUT2D eigenvalue weighted by molar-refractivity contribution is -0.142. The van der Waals surface area contributed by atoms with Crippen molar-refractivity contribution in [1.82, 2.24) is 30.4 Å². The van der Waals surface area contributed by atoms with Crippen molar-refractivity contribution in [3.05, 3.63) is 29.7 Å². The number of carbonyl (C=O) groups excluding carboxylic acids is 3. The van der Waals surface area contributed by atoms with Gasteiger partial charge in [0.15, 0.2) is 0 Å². The fourth-order valence-corrected chi connectivity index (χ4v) is 6.21. The van der Waals surface area contributed by atoms with E-state index < -0.39 is 11.7 Å². The maximum atomic E-state index is 13.8. The van der Waals surface area contributed by atoms with Gasteiger partial charge < -0.3 is 24.4 Å². The number of anilines is 1. The first-order valence-corrected chi connectivity index (χ1v) is 16.2. The van der Waals surface area contributed by atoms with Gasteiger partial charge in [-0.05, 0) is 77.8 Å². The van der Waals surface area contributed by atoms with Gasteiger partial charge in [-0.1, -0.05) is 30.1 Å². The van der Waals surface area contributed by atoms with Crippen LogP contribution < -0.4 is 10.2 Å². The molecule has 0 unspecified atom stereocenters. The second-order valence-corrected chi connectivity index (χ2v) is 13.7. The van der Waals surface area contributed by atoms with Gasteiger partial charge in [-0.3, -0.25) is 14.6 Å². The van der Waals surface area contributed by atoms with E-state index in [1.165, 1.54) is 25.7 Å². The Morgan fingerprint density at radius 1 is 1.09 bits per heavy atom. The van der Waals surface area contributed by atoms with Crippen molar-refractivity contribution >= 4 is 23.6 Å². The van der Waals surface area contributed by atoms with E-state index in [4.69, 9.17) is 9.26 Å². The number of ether oxygens (including phenoxy) is 1. The second kappa shape index (κ2) is 14.6. The summed E-state index contributed by atoms with van der Waals surface area (Å²) in [6.07, 6.45) is 4.54. The fourth-order valence-electron chi connectivity index (χ4n) is 6.21. The Hall–Kier alpha value is -3.67. The molecule has 2 heterocycles. The summed E-state index contributed by atoms with van der Waals surface area (Å²) >= 11 is 0. The number of aryl methyl sites for hydroxylation is 2. The van der Waals surface area contributed by atoms with Crippen molar-refractivity contribution in [1.29, 1.82) is 0 Å². The number of hydrogen-bond acceptors (Lipinski definition) is 9. The summed E-state index contributed by atoms with van der Waals surface area (Å²) in [6, 6.07) is 5.63. The third-order valence-electron chi connectivity index (χ3n) is 8.66. The summed E-state index contributed by atoms with van der Waals surface area (Å²) in [5.74, 6) is 1.83. The third-order valence-corrected chi connectivity index (χ3v) is 8.66. The number of carbonyl (C=O) groups is 3. The molecule has 12 nitrogen and oxygen atoms in total. The number of fused-ring (bicyclic) bond motifs is 1. The maximum Gasteiger partial charge on any atom is 0.410 e. The highest BCUT2D eigenvalue weighted by molar-refractivity contribution is 5.87. The van der Waals surface area contributed by atoms with E-state index in [0.717, 1.165) is 29.9 Å². The summed E-state index contributed by atoms with van der Waals surface area (Å²) in [6.45, 7) is 15.3. The van der Waals surface area contributed by atoms with Gasteiger partial charge in [-0.25, -0.2) is 9.80 Å². The lowest BCUT2D eigenvalue weighted by Crippen LogP contribution is -2.50. The SMILES string of the molecule is Cc1nc(-c2ccc(C)c(N(CC(=O)NCCN(C(=O)OC(C)(C)C)C(C)C)CC(=O)N(C)N3C[C@H]4CCCC[C@H]4C3)c2)no1. The molecule has 2 aliphatic rings. The number of nitrogens with zero attached hydrogens (tertiary/aromatic N) is 6. The van der Waals surface area contributed by atoms with Crippen molar-refractivity contribution in [3.8, 4) is 11.4 Å². The van der Waals surface area contributed by atoms with Crippen LogP contribution in [0.5, 0.6) is 0 Å². The summed E-state index contributed by atoms with van der Waals surface area (Å²) in [5.41, 5.74) is 1.75. The van der Waals surface area contributed by atoms with Crippen LogP contribution >= 0.6 is 0 Å². The molecule has 0 bridgehead atoms. The minimum absolute atomic E-state index is 0.0152. The molecule has 1 saturated carbocycles. The molecule has 2 atom stereocenters. The van der Waals surface area contributed by atoms with Crippen LogP contribution in [0.15, 0.2) is 22.7 Å². The van der Waals surface area contributed by atoms with Crippen LogP contribution in [0, 0.1) is 25.7 Å². The molecule has 12 heteroatoms. The van der Waals surface area contributed by atoms with Gasteiger partial charge in [-0.15, -0.1) is 0 Å². The highest BCUT2D eigenvalue weighted by atomic mass is 16.6. The molecule has 248 valence electrons. The van der Waals surface area contributed by atoms with Crippen molar-refractivity contribution < 1.29 is 23.6 Å². The van der Waals surface area contributed by atoms with Crippen molar-refractivity contribution in [2.45, 2.75) is 85.8 Å². The van der Waals surface area contributed by atoms with Crippen LogP contribution in [0.1, 0.15) is 71.8 Å². The monoisotopic (exact) mass is 625 g/mol. The first-order chi connectivity index (χ1) is 21.2. The average molecular weight is 626 g/mol. The lowest BCUT2D eigenvalue weighted by atomic mass is 9.82. The van der Waals surface area contributed by atoms with Gasteiger partial charge in [0.05, 0.1) is 13.1 Å². The molecule has 0 radical (unpaired) electrons. The number of nitrogens with one attached hydrogen (secondary N) is 1. The van der Waals surface area contributed by atoms with Crippen LogP contribution in [0.2, 0.25) is 0 Å². The third kappa shape index (κ3) is 9.18. The summed E-state index contributed by atoms with van der Waals surface area (Å²) < 4.78 is 10.7. The number of hydrogen-bond donors (Lipinski definition) is 1. The Bertz CT molecular complexity index is 1320. The van der Waals surface area contributed by atoms with Crippen LogP contribution in [0.25, 0.3) is 11.4 Å². The molecular weight excluding hydrogens is 574 g/mol. The molecule has 1 saturated heterocycles. The van der Waals surface area contributed by atoms with E-state index in [1.807, 2.05) is 66.8 Å². The largest absolute Gasteiger partial charge is 0.444 e. The van der Waals surface area contributed by atoms with E-state index in [-0.39, 0.29) is 37.5 Å². The van der Waals surface area contributed by atoms with E-state index in [2.05, 4.69) is 20.5 Å². The zero-order chi connectivity index (χ0) is 32.9. The topological polar surface area (TPSA) is 124 Å². The Morgan fingerprint density at radius 2 is 1.76 bits per heavy atom. The predicted molar refractivity (Wildman–Crippen MR) is 172 cm³/mol. The molecular formula is C33H51N7O5. The molecule has 0 spiro atoms. The molecule has 2 fully saturated rings. The van der Waals surface area contributed by atoms with E-state index in [9.17, 15) is 14.4 Å². The fraction of sp³-hybridized carbons (Fsp3) is 0.667. The molecule has 1 aliphatic heterocycles. The lowest BCUT2D eigenvalue weighted by Gasteiger charge is -2.32. The molecule has 1 aliphatic carbocycles. The average Bonchev–Trinajstić information content (AvgIpc) is 3.60. The predicted octanol–water partition coefficient (Wildman–Crippen LogP) is 4.42. The van der Waals surface area contributed by atoms with Crippen molar-refractivity contribution in [2.75, 3.05) is 51.2 Å². The number of rotatable bonds is 11. The number of benzene rings is 1. The molecule has 2 aromatic rings. The van der Waals surface area contributed by atoms with Crippen LogP contribution in [0.4, 0.5) is 10.5 Å². The Balaban J connectivity index is 1.48. The van der Waals surface area contributed by atoms with Crippen LogP contribution in [-0.2, 0) is 14.3 Å². The maximum absolute atomic E-state index is 13.8. The number of amides is 3. The van der Waals surface area contributed by atoms with Gasteiger partial charge in [0.2, 0.25) is 17.6 Å². The van der Waals surface area contributed by atoms with Gasteiger partial charge in [-0.2, -0.15) is 4.98 Å². The Kier molecular flexibility index (Phi) is 11.1. The molecule has 45 heavy (non-hydrogen) atoms. The molecule has 1 aromatic carbocycles. The van der Waals surface area contributed by atoms with E-state index >= 15 is 0 Å². The molecule has 4 rings (SSSR count). The number of aromatic nitrogens is 2. The first kappa shape index (κ1) is 34.2. The minimum atomic E-state index is -0.618. The highest BCUT2D eigenvalue weighted by Crippen LogP contribution is 2.36. The summed E-state index contributed by atoms with van der Waals surface area (Å²) in [7, 11) is 1.83. The standard InChI is InChI=1S/C33H51N7O5/c1-22(2)40(32(43)44-33(5,6)7)16-15-34-29(41)20-38(28-17-25(14-13-23(28)3)31-35-24(4)45-36-31)21-30(42)37(8)39-18-26-11-9-10-12-27(26)19-39/h13-14,17,22,26-27H,9-12,15-16,18-21H2,1-8H3,(H,34,41)/t26-,27+. The molecule has 3 amide bonds. The number of hydrazine groups is 1. The Morgan fingerprint density at radius 3 is 2.33 bits per heavy atom. The van der Waals surface area contributed by atoms with Gasteiger partial charge >= 0.3 is 6.09 Å². The minimum Gasteiger partial charge on any atom is -0.444 e. The quantitative estimate of drug-likeness (QED) is 0.387. The summed E-state index contributed by atoms with van der Waals surface area (Å²) in [5, 5.41) is 10.9. The first-order valence-electron chi connectivity index (χ1n) is 16.2. The van der Waals surface area contributed by atoms with Crippen LogP contribution in [-0.4, -0.2) is 101 Å². The smallest absolute Gasteiger partial charge is 0.410 e. The Labute approximate surface area is 267 Å². The van der Waals surface area contributed by atoms with Gasteiger partial charge in [0.25, 0.3) is 5.91 Å². The van der Waals surface area contributed by atoms with E-state index in [0.29, 0.717) is 30.1 Å². The summed E-state index contributed by atoms with van der Waals surface area (Å²) in [4.78, 5) is 47.6. The molecule has 1 N–H and O–H groups in total. The van der Waals surface area contributed by atoms with Crippen LogP contribution in [0.3, 0.4) is 0 Å². The zero-order valence-electron chi connectivity index (χ0n) is 28.3. The van der Waals surface area contributed by atoms with Gasteiger partial charge in [0.1, 0.15) is 5.60 Å². The number of likely N-dealkylation sites (N-methyl/N-ethyl adjacent to an activating group) is 1.